The third kappa shape index (κ3) is 4.87. The Balaban J connectivity index is 1.47. The number of ether oxygens (including phenoxy) is 1. The van der Waals surface area contributed by atoms with Crippen LogP contribution < -0.4 is 14.8 Å². The van der Waals surface area contributed by atoms with E-state index in [2.05, 4.69) is 15.0 Å². The molecule has 3 aromatic rings. The van der Waals surface area contributed by atoms with Crippen LogP contribution in [0.15, 0.2) is 58.9 Å². The molecular formula is C19H16ClN3O4S2. The average molecular weight is 450 g/mol. The van der Waals surface area contributed by atoms with E-state index in [9.17, 15) is 13.2 Å². The highest BCUT2D eigenvalue weighted by molar-refractivity contribution is 7.94. The summed E-state index contributed by atoms with van der Waals surface area (Å²) in [5.41, 5.74) is 0.716. The molecular weight excluding hydrogens is 434 g/mol. The normalized spacial score (nSPS) is 13.7. The van der Waals surface area contributed by atoms with Gasteiger partial charge in [0.1, 0.15) is 15.5 Å². The Bertz CT molecular complexity index is 1140. The summed E-state index contributed by atoms with van der Waals surface area (Å²) < 4.78 is 33.5. The van der Waals surface area contributed by atoms with Crippen molar-refractivity contribution >= 4 is 44.6 Å². The van der Waals surface area contributed by atoms with E-state index in [1.165, 1.54) is 18.3 Å². The Labute approximate surface area is 176 Å². The van der Waals surface area contributed by atoms with Crippen molar-refractivity contribution in [3.63, 3.8) is 0 Å². The second kappa shape index (κ2) is 8.02. The Kier molecular flexibility index (Phi) is 5.44. The van der Waals surface area contributed by atoms with Gasteiger partial charge in [-0.15, -0.1) is 11.3 Å². The van der Waals surface area contributed by atoms with E-state index in [1.807, 2.05) is 0 Å². The average Bonchev–Trinajstić information content (AvgIpc) is 3.39. The van der Waals surface area contributed by atoms with Crippen LogP contribution in [0.25, 0.3) is 0 Å². The van der Waals surface area contributed by atoms with Crippen LogP contribution in [0.4, 0.5) is 5.69 Å². The summed E-state index contributed by atoms with van der Waals surface area (Å²) in [5, 5.41) is 2.90. The number of nitrogens with zero attached hydrogens (tertiary/aromatic N) is 1. The molecule has 1 aliphatic rings. The molecule has 0 spiro atoms. The third-order valence-electron chi connectivity index (χ3n) is 4.06. The molecule has 1 aliphatic carbocycles. The number of anilines is 1. The molecule has 1 aromatic carbocycles. The second-order valence-electron chi connectivity index (χ2n) is 6.39. The maximum absolute atomic E-state index is 12.4. The molecule has 10 heteroatoms. The van der Waals surface area contributed by atoms with Crippen LogP contribution in [-0.4, -0.2) is 25.4 Å². The number of amides is 1. The predicted octanol–water partition coefficient (Wildman–Crippen LogP) is 4.28. The van der Waals surface area contributed by atoms with Crippen LogP contribution in [0, 0.1) is 0 Å². The molecule has 0 unspecified atom stereocenters. The highest BCUT2D eigenvalue weighted by Crippen LogP contribution is 2.29. The second-order valence-corrected chi connectivity index (χ2v) is 10.0. The molecule has 1 saturated carbocycles. The van der Waals surface area contributed by atoms with Crippen molar-refractivity contribution in [3.05, 3.63) is 64.6 Å². The first kappa shape index (κ1) is 19.7. The molecule has 1 amide bonds. The molecule has 2 N–H and O–H groups in total. The van der Waals surface area contributed by atoms with E-state index in [0.29, 0.717) is 21.3 Å². The molecule has 150 valence electrons. The molecule has 29 heavy (non-hydrogen) atoms. The molecule has 0 aliphatic heterocycles. The van der Waals surface area contributed by atoms with Crippen LogP contribution in [0.5, 0.6) is 11.6 Å². The number of carbonyl (C=O) groups is 1. The van der Waals surface area contributed by atoms with Crippen LogP contribution in [0.1, 0.15) is 23.2 Å². The van der Waals surface area contributed by atoms with Crippen molar-refractivity contribution in [2.45, 2.75) is 23.1 Å². The molecule has 7 nitrogen and oxygen atoms in total. The van der Waals surface area contributed by atoms with Gasteiger partial charge in [0, 0.05) is 17.9 Å². The van der Waals surface area contributed by atoms with Gasteiger partial charge in [-0.1, -0.05) is 11.6 Å². The van der Waals surface area contributed by atoms with E-state index < -0.39 is 10.0 Å². The molecule has 1 fully saturated rings. The Morgan fingerprint density at radius 3 is 2.55 bits per heavy atom. The Morgan fingerprint density at radius 1 is 1.14 bits per heavy atom. The van der Waals surface area contributed by atoms with Crippen molar-refractivity contribution in [1.29, 1.82) is 0 Å². The zero-order chi connectivity index (χ0) is 20.4. The lowest BCUT2D eigenvalue weighted by Gasteiger charge is -2.11. The largest absolute Gasteiger partial charge is 0.438 e. The van der Waals surface area contributed by atoms with E-state index >= 15 is 0 Å². The van der Waals surface area contributed by atoms with Crippen LogP contribution in [0.3, 0.4) is 0 Å². The maximum atomic E-state index is 12.4. The van der Waals surface area contributed by atoms with Crippen molar-refractivity contribution in [2.75, 3.05) is 4.72 Å². The first-order valence-electron chi connectivity index (χ1n) is 8.73. The smallest absolute Gasteiger partial charge is 0.271 e. The van der Waals surface area contributed by atoms with Gasteiger partial charge in [0.2, 0.25) is 5.88 Å². The van der Waals surface area contributed by atoms with Gasteiger partial charge in [-0.05, 0) is 61.4 Å². The van der Waals surface area contributed by atoms with Gasteiger partial charge in [0.05, 0.1) is 4.34 Å². The van der Waals surface area contributed by atoms with Gasteiger partial charge in [0.25, 0.3) is 15.9 Å². The number of nitrogens with one attached hydrogen (secondary N) is 2. The van der Waals surface area contributed by atoms with Crippen LogP contribution >= 0.6 is 22.9 Å². The fraction of sp³-hybridized carbons (Fsp3) is 0.158. The summed E-state index contributed by atoms with van der Waals surface area (Å²) in [6.45, 7) is 0. The van der Waals surface area contributed by atoms with Crippen LogP contribution in [0.2, 0.25) is 4.34 Å². The summed E-state index contributed by atoms with van der Waals surface area (Å²) in [4.78, 5) is 16.5. The highest BCUT2D eigenvalue weighted by Gasteiger charge is 2.25. The van der Waals surface area contributed by atoms with Crippen LogP contribution in [-0.2, 0) is 10.0 Å². The minimum absolute atomic E-state index is 0.127. The van der Waals surface area contributed by atoms with Gasteiger partial charge in [-0.25, -0.2) is 13.4 Å². The minimum Gasteiger partial charge on any atom is -0.438 e. The lowest BCUT2D eigenvalue weighted by molar-refractivity contribution is 0.0948. The third-order valence-corrected chi connectivity index (χ3v) is 7.17. The summed E-state index contributed by atoms with van der Waals surface area (Å²) >= 11 is 6.78. The first-order chi connectivity index (χ1) is 13.9. The van der Waals surface area contributed by atoms with E-state index in [-0.39, 0.29) is 22.0 Å². The SMILES string of the molecule is O=C(NC1CC1)c1cccnc1Oc1ccc(NS(=O)(=O)c2ccc(Cl)s2)cc1. The van der Waals surface area contributed by atoms with Gasteiger partial charge in [0.15, 0.2) is 0 Å². The molecule has 0 saturated heterocycles. The van der Waals surface area contributed by atoms with Gasteiger partial charge in [-0.3, -0.25) is 9.52 Å². The van der Waals surface area contributed by atoms with Crippen molar-refractivity contribution < 1.29 is 17.9 Å². The highest BCUT2D eigenvalue weighted by atomic mass is 35.5. The number of aromatic nitrogens is 1. The number of thiophene rings is 1. The van der Waals surface area contributed by atoms with E-state index in [1.54, 1.807) is 36.4 Å². The number of hydrogen-bond acceptors (Lipinski definition) is 6. The topological polar surface area (TPSA) is 97.4 Å². The van der Waals surface area contributed by atoms with E-state index in [4.69, 9.17) is 16.3 Å². The molecule has 2 heterocycles. The fourth-order valence-corrected chi connectivity index (χ4v) is 5.03. The number of pyridine rings is 1. The first-order valence-corrected chi connectivity index (χ1v) is 11.4. The molecule has 0 atom stereocenters. The minimum atomic E-state index is -3.71. The lowest BCUT2D eigenvalue weighted by Crippen LogP contribution is -2.25. The predicted molar refractivity (Wildman–Crippen MR) is 111 cm³/mol. The van der Waals surface area contributed by atoms with Gasteiger partial charge < -0.3 is 10.1 Å². The number of halogens is 1. The number of carbonyl (C=O) groups excluding carboxylic acids is 1. The molecule has 4 rings (SSSR count). The summed E-state index contributed by atoms with van der Waals surface area (Å²) in [6, 6.07) is 12.8. The lowest BCUT2D eigenvalue weighted by atomic mass is 10.2. The summed E-state index contributed by atoms with van der Waals surface area (Å²) in [7, 11) is -3.71. The molecule has 2 aromatic heterocycles. The zero-order valence-corrected chi connectivity index (χ0v) is 17.4. The van der Waals surface area contributed by atoms with E-state index in [0.717, 1.165) is 24.2 Å². The number of sulfonamides is 1. The molecule has 0 radical (unpaired) electrons. The Hall–Kier alpha value is -2.62. The zero-order valence-electron chi connectivity index (χ0n) is 15.0. The van der Waals surface area contributed by atoms with Gasteiger partial charge >= 0.3 is 0 Å². The standard InChI is InChI=1S/C19H16ClN3O4S2/c20-16-9-10-17(28-16)29(25,26)23-13-5-7-14(8-6-13)27-19-15(2-1-11-21-19)18(24)22-12-3-4-12/h1-2,5-12,23H,3-4H2,(H,22,24). The number of benzene rings is 1. The Morgan fingerprint density at radius 2 is 1.90 bits per heavy atom. The fourth-order valence-electron chi connectivity index (χ4n) is 2.49. The maximum Gasteiger partial charge on any atom is 0.271 e. The number of rotatable bonds is 7. The monoisotopic (exact) mass is 449 g/mol. The van der Waals surface area contributed by atoms with Crippen molar-refractivity contribution in [2.24, 2.45) is 0 Å². The van der Waals surface area contributed by atoms with Crippen molar-refractivity contribution in [1.82, 2.24) is 10.3 Å². The summed E-state index contributed by atoms with van der Waals surface area (Å²) in [5.74, 6) is 0.382. The summed E-state index contributed by atoms with van der Waals surface area (Å²) in [6.07, 6.45) is 3.51. The molecule has 0 bridgehead atoms. The quantitative estimate of drug-likeness (QED) is 0.561. The number of hydrogen-bond donors (Lipinski definition) is 2. The van der Waals surface area contributed by atoms with Crippen molar-refractivity contribution in [3.8, 4) is 11.6 Å². The van der Waals surface area contributed by atoms with Gasteiger partial charge in [-0.2, -0.15) is 0 Å².